The van der Waals surface area contributed by atoms with Crippen LogP contribution in [0.5, 0.6) is 5.88 Å². The van der Waals surface area contributed by atoms with Gasteiger partial charge in [-0.3, -0.25) is 0 Å². The molecule has 4 heterocycles. The minimum absolute atomic E-state index is 0.0519. The summed E-state index contributed by atoms with van der Waals surface area (Å²) in [7, 11) is 3.50. The fourth-order valence-electron chi connectivity index (χ4n) is 4.95. The number of nitrogens with zero attached hydrogens (tertiary/aromatic N) is 8. The molecule has 0 unspecified atom stereocenters. The highest BCUT2D eigenvalue weighted by Gasteiger charge is 2.35. The van der Waals surface area contributed by atoms with Gasteiger partial charge in [-0.05, 0) is 43.5 Å². The SMILES string of the molecule is COc1ncnc(C2CC2)c1-c1ncc2c(n1)N(Cc1ccc(-n3nc(C(F)(F)F)cc3C)c(F)c1)CCN2C. The molecule has 1 aliphatic heterocycles. The van der Waals surface area contributed by atoms with E-state index >= 15 is 4.39 Å². The Labute approximate surface area is 227 Å². The number of alkyl halides is 3. The Morgan fingerprint density at radius 1 is 1.05 bits per heavy atom. The van der Waals surface area contributed by atoms with E-state index in [9.17, 15) is 13.2 Å². The molecule has 0 N–H and O–H groups in total. The van der Waals surface area contributed by atoms with Crippen LogP contribution in [0.3, 0.4) is 0 Å². The van der Waals surface area contributed by atoms with Crippen molar-refractivity contribution in [2.45, 2.75) is 38.4 Å². The van der Waals surface area contributed by atoms with E-state index in [1.165, 1.54) is 25.4 Å². The first-order valence-electron chi connectivity index (χ1n) is 12.8. The van der Waals surface area contributed by atoms with Gasteiger partial charge in [-0.15, -0.1) is 0 Å². The van der Waals surface area contributed by atoms with Crippen molar-refractivity contribution >= 4 is 11.5 Å². The lowest BCUT2D eigenvalue weighted by atomic mass is 10.1. The number of likely N-dealkylation sites (N-methyl/N-ethyl adjacent to an activating group) is 1. The largest absolute Gasteiger partial charge is 0.480 e. The monoisotopic (exact) mass is 554 g/mol. The average Bonchev–Trinajstić information content (AvgIpc) is 3.70. The molecule has 4 aromatic rings. The fraction of sp³-hybridized carbons (Fsp3) is 0.370. The number of rotatable bonds is 6. The van der Waals surface area contributed by atoms with E-state index in [1.807, 2.05) is 11.9 Å². The lowest BCUT2D eigenvalue weighted by Crippen LogP contribution is -2.39. The van der Waals surface area contributed by atoms with Crippen molar-refractivity contribution in [1.29, 1.82) is 0 Å². The average molecular weight is 555 g/mol. The highest BCUT2D eigenvalue weighted by atomic mass is 19.4. The number of fused-ring (bicyclic) bond motifs is 1. The number of hydrogen-bond acceptors (Lipinski definition) is 8. The van der Waals surface area contributed by atoms with E-state index in [2.05, 4.69) is 25.0 Å². The summed E-state index contributed by atoms with van der Waals surface area (Å²) in [6.07, 6.45) is 0.697. The third kappa shape index (κ3) is 4.69. The van der Waals surface area contributed by atoms with E-state index in [1.54, 1.807) is 19.4 Å². The van der Waals surface area contributed by atoms with Gasteiger partial charge in [0.25, 0.3) is 0 Å². The molecule has 9 nitrogen and oxygen atoms in total. The summed E-state index contributed by atoms with van der Waals surface area (Å²) in [4.78, 5) is 22.4. The molecule has 3 aromatic heterocycles. The van der Waals surface area contributed by atoms with Gasteiger partial charge in [-0.1, -0.05) is 6.07 Å². The minimum atomic E-state index is -4.61. The van der Waals surface area contributed by atoms with Crippen LogP contribution >= 0.6 is 0 Å². The zero-order chi connectivity index (χ0) is 28.2. The van der Waals surface area contributed by atoms with E-state index in [-0.39, 0.29) is 11.4 Å². The van der Waals surface area contributed by atoms with Gasteiger partial charge in [-0.2, -0.15) is 18.3 Å². The molecule has 1 saturated carbocycles. The minimum Gasteiger partial charge on any atom is -0.480 e. The first-order chi connectivity index (χ1) is 19.1. The quantitative estimate of drug-likeness (QED) is 0.311. The van der Waals surface area contributed by atoms with Gasteiger partial charge in [0.1, 0.15) is 23.4 Å². The molecule has 0 spiro atoms. The second-order valence-corrected chi connectivity index (χ2v) is 10.0. The zero-order valence-electron chi connectivity index (χ0n) is 22.1. The molecule has 0 amide bonds. The topological polar surface area (TPSA) is 85.1 Å². The van der Waals surface area contributed by atoms with Crippen LogP contribution in [0.2, 0.25) is 0 Å². The second kappa shape index (κ2) is 9.72. The van der Waals surface area contributed by atoms with Crippen LogP contribution in [0.4, 0.5) is 29.1 Å². The predicted octanol–water partition coefficient (Wildman–Crippen LogP) is 4.93. The molecule has 40 heavy (non-hydrogen) atoms. The highest BCUT2D eigenvalue weighted by Crippen LogP contribution is 2.45. The van der Waals surface area contributed by atoms with Crippen molar-refractivity contribution in [3.8, 4) is 23.0 Å². The molecule has 1 aromatic carbocycles. The van der Waals surface area contributed by atoms with Gasteiger partial charge >= 0.3 is 6.18 Å². The smallest absolute Gasteiger partial charge is 0.435 e. The van der Waals surface area contributed by atoms with Crippen LogP contribution < -0.4 is 14.5 Å². The third-order valence-corrected chi connectivity index (χ3v) is 7.18. The number of benzene rings is 1. The Kier molecular flexibility index (Phi) is 6.31. The molecule has 0 saturated heterocycles. The Balaban J connectivity index is 1.33. The third-order valence-electron chi connectivity index (χ3n) is 7.18. The van der Waals surface area contributed by atoms with Crippen molar-refractivity contribution < 1.29 is 22.3 Å². The zero-order valence-corrected chi connectivity index (χ0v) is 22.1. The Hall–Kier alpha value is -4.29. The summed E-state index contributed by atoms with van der Waals surface area (Å²) in [6, 6.07) is 5.35. The lowest BCUT2D eigenvalue weighted by molar-refractivity contribution is -0.141. The van der Waals surface area contributed by atoms with Crippen LogP contribution in [-0.2, 0) is 12.7 Å². The van der Waals surface area contributed by atoms with Gasteiger partial charge < -0.3 is 14.5 Å². The molecule has 208 valence electrons. The number of halogens is 4. The van der Waals surface area contributed by atoms with Gasteiger partial charge in [0, 0.05) is 38.3 Å². The molecule has 0 bridgehead atoms. The van der Waals surface area contributed by atoms with Crippen molar-refractivity contribution in [1.82, 2.24) is 29.7 Å². The maximum absolute atomic E-state index is 15.2. The highest BCUT2D eigenvalue weighted by molar-refractivity contribution is 5.74. The van der Waals surface area contributed by atoms with E-state index in [0.717, 1.165) is 35.0 Å². The summed E-state index contributed by atoms with van der Waals surface area (Å²) in [5.74, 6) is 1.18. The molecular weight excluding hydrogens is 528 g/mol. The summed E-state index contributed by atoms with van der Waals surface area (Å²) < 4.78 is 61.0. The fourth-order valence-corrected chi connectivity index (χ4v) is 4.95. The van der Waals surface area contributed by atoms with Gasteiger partial charge in [0.2, 0.25) is 5.88 Å². The Bertz CT molecular complexity index is 1580. The summed E-state index contributed by atoms with van der Waals surface area (Å²) >= 11 is 0. The van der Waals surface area contributed by atoms with E-state index in [0.29, 0.717) is 54.2 Å². The molecule has 1 aliphatic carbocycles. The second-order valence-electron chi connectivity index (χ2n) is 10.0. The number of hydrogen-bond donors (Lipinski definition) is 0. The Morgan fingerprint density at radius 3 is 2.52 bits per heavy atom. The van der Waals surface area contributed by atoms with Crippen LogP contribution in [0.15, 0.2) is 36.8 Å². The summed E-state index contributed by atoms with van der Waals surface area (Å²) in [5.41, 5.74) is 2.06. The number of anilines is 2. The van der Waals surface area contributed by atoms with E-state index < -0.39 is 17.7 Å². The number of ether oxygens (including phenoxy) is 1. The van der Waals surface area contributed by atoms with Gasteiger partial charge in [0.05, 0.1) is 24.7 Å². The van der Waals surface area contributed by atoms with Gasteiger partial charge in [-0.25, -0.2) is 29.0 Å². The maximum atomic E-state index is 15.2. The molecule has 0 radical (unpaired) electrons. The van der Waals surface area contributed by atoms with Crippen molar-refractivity contribution in [2.24, 2.45) is 0 Å². The van der Waals surface area contributed by atoms with Crippen molar-refractivity contribution in [2.75, 3.05) is 37.0 Å². The molecule has 13 heteroatoms. The maximum Gasteiger partial charge on any atom is 0.435 e. The molecule has 0 atom stereocenters. The molecule has 6 rings (SSSR count). The van der Waals surface area contributed by atoms with E-state index in [4.69, 9.17) is 9.72 Å². The standard InChI is InChI=1S/C27H26F4N8O/c1-15-10-21(27(29,30)31)36-39(15)19-7-4-16(11-18(19)28)13-38-9-8-37(2)20-12-32-24(35-25(20)38)22-23(17-5-6-17)33-14-34-26(22)40-3/h4,7,10-12,14,17H,5-6,8-9,13H2,1-3H3. The van der Waals surface area contributed by atoms with Crippen molar-refractivity contribution in [3.63, 3.8) is 0 Å². The lowest BCUT2D eigenvalue weighted by Gasteiger charge is -2.36. The number of aromatic nitrogens is 6. The summed E-state index contributed by atoms with van der Waals surface area (Å²) in [5, 5.41) is 3.57. The first kappa shape index (κ1) is 26.0. The molecular formula is C27H26F4N8O. The normalized spacial score (nSPS) is 15.4. The molecule has 2 aliphatic rings. The van der Waals surface area contributed by atoms with Crippen LogP contribution in [0, 0.1) is 12.7 Å². The predicted molar refractivity (Wildman–Crippen MR) is 139 cm³/mol. The first-order valence-corrected chi connectivity index (χ1v) is 12.8. The Morgan fingerprint density at radius 2 is 1.85 bits per heavy atom. The van der Waals surface area contributed by atoms with Gasteiger partial charge in [0.15, 0.2) is 17.3 Å². The number of methoxy groups -OCH3 is 1. The van der Waals surface area contributed by atoms with Crippen LogP contribution in [0.1, 0.15) is 41.4 Å². The number of aryl methyl sites for hydroxylation is 1. The molecule has 1 fully saturated rings. The summed E-state index contributed by atoms with van der Waals surface area (Å²) in [6.45, 7) is 3.11. The van der Waals surface area contributed by atoms with Crippen molar-refractivity contribution in [3.05, 3.63) is 65.3 Å². The van der Waals surface area contributed by atoms with Crippen LogP contribution in [0.25, 0.3) is 17.1 Å². The van der Waals surface area contributed by atoms with Crippen LogP contribution in [-0.4, -0.2) is 57.0 Å².